The molecule has 2 nitrogen and oxygen atoms in total. The van der Waals surface area contributed by atoms with Crippen molar-refractivity contribution in [2.45, 2.75) is 45.1 Å². The topological polar surface area (TPSA) is 39.2 Å². The van der Waals surface area contributed by atoms with Crippen molar-refractivity contribution in [1.29, 1.82) is 0 Å². The van der Waals surface area contributed by atoms with Crippen molar-refractivity contribution >= 4 is 0 Å². The van der Waals surface area contributed by atoms with Gasteiger partial charge >= 0.3 is 0 Å². The molecule has 1 aliphatic carbocycles. The first-order valence-electron chi connectivity index (χ1n) is 5.63. The number of nitrogens with two attached hydrogens (primary N) is 1. The molecule has 0 spiro atoms. The molecule has 1 aliphatic rings. The Morgan fingerprint density at radius 2 is 2.36 bits per heavy atom. The van der Waals surface area contributed by atoms with Crippen LogP contribution >= 0.6 is 0 Å². The second kappa shape index (κ2) is 4.18. The van der Waals surface area contributed by atoms with Crippen LogP contribution in [0.5, 0.6) is 0 Å². The smallest absolute Gasteiger partial charge is 0.108 e. The summed E-state index contributed by atoms with van der Waals surface area (Å²) in [6.07, 6.45) is 7.93. The van der Waals surface area contributed by atoms with E-state index in [0.717, 1.165) is 24.5 Å². The van der Waals surface area contributed by atoms with E-state index in [4.69, 9.17) is 10.2 Å². The van der Waals surface area contributed by atoms with Gasteiger partial charge in [-0.15, -0.1) is 0 Å². The van der Waals surface area contributed by atoms with E-state index in [-0.39, 0.29) is 6.04 Å². The van der Waals surface area contributed by atoms with Crippen molar-refractivity contribution in [1.82, 2.24) is 0 Å². The van der Waals surface area contributed by atoms with Gasteiger partial charge < -0.3 is 10.2 Å². The summed E-state index contributed by atoms with van der Waals surface area (Å²) >= 11 is 0. The van der Waals surface area contributed by atoms with E-state index >= 15 is 0 Å². The van der Waals surface area contributed by atoms with Crippen molar-refractivity contribution in [3.05, 3.63) is 23.7 Å². The van der Waals surface area contributed by atoms with E-state index < -0.39 is 0 Å². The predicted octanol–water partition coefficient (Wildman–Crippen LogP) is 3.03. The summed E-state index contributed by atoms with van der Waals surface area (Å²) in [4.78, 5) is 0. The summed E-state index contributed by atoms with van der Waals surface area (Å²) in [7, 11) is 0. The zero-order valence-corrected chi connectivity index (χ0v) is 8.83. The van der Waals surface area contributed by atoms with Crippen molar-refractivity contribution in [2.24, 2.45) is 11.7 Å². The molecule has 1 fully saturated rings. The van der Waals surface area contributed by atoms with Gasteiger partial charge in [0.15, 0.2) is 0 Å². The molecule has 0 radical (unpaired) electrons. The Labute approximate surface area is 85.5 Å². The first kappa shape index (κ1) is 9.78. The van der Waals surface area contributed by atoms with Crippen LogP contribution in [0.15, 0.2) is 16.7 Å². The van der Waals surface area contributed by atoms with Crippen molar-refractivity contribution in [3.8, 4) is 0 Å². The average Bonchev–Trinajstić information content (AvgIpc) is 2.90. The molecule has 1 heterocycles. The van der Waals surface area contributed by atoms with Crippen LogP contribution in [0.1, 0.15) is 50.0 Å². The van der Waals surface area contributed by atoms with Gasteiger partial charge in [0.25, 0.3) is 0 Å². The van der Waals surface area contributed by atoms with Crippen molar-refractivity contribution in [3.63, 3.8) is 0 Å². The summed E-state index contributed by atoms with van der Waals surface area (Å²) in [5.41, 5.74) is 7.35. The lowest BCUT2D eigenvalue weighted by Crippen LogP contribution is -2.11. The van der Waals surface area contributed by atoms with Gasteiger partial charge in [0.2, 0.25) is 0 Å². The first-order chi connectivity index (χ1) is 6.81. The molecule has 2 N–H and O–H groups in total. The van der Waals surface area contributed by atoms with Crippen LogP contribution in [0.25, 0.3) is 0 Å². The van der Waals surface area contributed by atoms with E-state index in [1.807, 2.05) is 6.07 Å². The summed E-state index contributed by atoms with van der Waals surface area (Å²) < 4.78 is 5.38. The molecule has 0 bridgehead atoms. The average molecular weight is 193 g/mol. The Hall–Kier alpha value is -0.760. The second-order valence-corrected chi connectivity index (χ2v) is 4.28. The van der Waals surface area contributed by atoms with Gasteiger partial charge in [-0.3, -0.25) is 0 Å². The van der Waals surface area contributed by atoms with Crippen LogP contribution in [0.3, 0.4) is 0 Å². The lowest BCUT2D eigenvalue weighted by molar-refractivity contribution is 0.497. The van der Waals surface area contributed by atoms with E-state index in [9.17, 15) is 0 Å². The molecule has 1 aromatic rings. The molecular formula is C12H19NO. The Bertz CT molecular complexity index is 288. The highest BCUT2D eigenvalue weighted by Gasteiger charge is 2.22. The maximum atomic E-state index is 6.13. The van der Waals surface area contributed by atoms with Gasteiger partial charge in [0, 0.05) is 18.0 Å². The van der Waals surface area contributed by atoms with Crippen LogP contribution in [0.2, 0.25) is 0 Å². The molecule has 1 aromatic heterocycles. The summed E-state index contributed by atoms with van der Waals surface area (Å²) in [5.74, 6) is 2.03. The van der Waals surface area contributed by atoms with Crippen LogP contribution in [0.4, 0.5) is 0 Å². The van der Waals surface area contributed by atoms with E-state index in [0.29, 0.717) is 0 Å². The number of rotatable bonds is 5. The maximum Gasteiger partial charge on any atom is 0.108 e. The highest BCUT2D eigenvalue weighted by Crippen LogP contribution is 2.35. The van der Waals surface area contributed by atoms with E-state index in [1.165, 1.54) is 24.8 Å². The Kier molecular flexibility index (Phi) is 2.92. The Morgan fingerprint density at radius 1 is 1.57 bits per heavy atom. The lowest BCUT2D eigenvalue weighted by atomic mass is 10.0. The molecule has 78 valence electrons. The Morgan fingerprint density at radius 3 is 3.00 bits per heavy atom. The maximum absolute atomic E-state index is 6.13. The highest BCUT2D eigenvalue weighted by atomic mass is 16.3. The second-order valence-electron chi connectivity index (χ2n) is 4.28. The fraction of sp³-hybridized carbons (Fsp3) is 0.667. The highest BCUT2D eigenvalue weighted by molar-refractivity contribution is 5.20. The molecule has 0 amide bonds. The minimum Gasteiger partial charge on any atom is -0.469 e. The molecule has 2 heteroatoms. The minimum absolute atomic E-state index is 0.185. The normalized spacial score (nSPS) is 18.4. The van der Waals surface area contributed by atoms with Gasteiger partial charge in [-0.05, 0) is 24.8 Å². The summed E-state index contributed by atoms with van der Waals surface area (Å²) in [6, 6.07) is 2.21. The molecule has 0 aliphatic heterocycles. The quantitative estimate of drug-likeness (QED) is 0.780. The molecule has 1 unspecified atom stereocenters. The minimum atomic E-state index is 0.185. The third-order valence-corrected chi connectivity index (χ3v) is 3.08. The van der Waals surface area contributed by atoms with Crippen molar-refractivity contribution < 1.29 is 4.42 Å². The number of aryl methyl sites for hydroxylation is 1. The van der Waals surface area contributed by atoms with Crippen LogP contribution < -0.4 is 5.73 Å². The van der Waals surface area contributed by atoms with Crippen LogP contribution in [-0.4, -0.2) is 0 Å². The number of hydrogen-bond acceptors (Lipinski definition) is 2. The summed E-state index contributed by atoms with van der Waals surface area (Å²) in [6.45, 7) is 2.11. The number of furan rings is 1. The predicted molar refractivity (Wildman–Crippen MR) is 57.0 cm³/mol. The zero-order chi connectivity index (χ0) is 9.97. The van der Waals surface area contributed by atoms with Crippen LogP contribution in [-0.2, 0) is 6.42 Å². The lowest BCUT2D eigenvalue weighted by Gasteiger charge is -2.10. The molecule has 1 saturated carbocycles. The molecule has 0 saturated heterocycles. The fourth-order valence-electron chi connectivity index (χ4n) is 1.95. The largest absolute Gasteiger partial charge is 0.469 e. The SMILES string of the molecule is CCc1occc1C(N)CCC1CC1. The Balaban J connectivity index is 1.91. The van der Waals surface area contributed by atoms with E-state index in [1.54, 1.807) is 6.26 Å². The van der Waals surface area contributed by atoms with Gasteiger partial charge in [-0.25, -0.2) is 0 Å². The van der Waals surface area contributed by atoms with Gasteiger partial charge in [0.05, 0.1) is 6.26 Å². The molecule has 1 atom stereocenters. The summed E-state index contributed by atoms with van der Waals surface area (Å²) in [5, 5.41) is 0. The van der Waals surface area contributed by atoms with Gasteiger partial charge in [-0.2, -0.15) is 0 Å². The molecular weight excluding hydrogens is 174 g/mol. The third kappa shape index (κ3) is 2.18. The molecule has 2 rings (SSSR count). The number of hydrogen-bond donors (Lipinski definition) is 1. The van der Waals surface area contributed by atoms with Crippen molar-refractivity contribution in [2.75, 3.05) is 0 Å². The first-order valence-corrected chi connectivity index (χ1v) is 5.63. The molecule has 0 aromatic carbocycles. The molecule has 14 heavy (non-hydrogen) atoms. The zero-order valence-electron chi connectivity index (χ0n) is 8.83. The van der Waals surface area contributed by atoms with Gasteiger partial charge in [-0.1, -0.05) is 19.8 Å². The fourth-order valence-corrected chi connectivity index (χ4v) is 1.95. The monoisotopic (exact) mass is 193 g/mol. The van der Waals surface area contributed by atoms with Gasteiger partial charge in [0.1, 0.15) is 5.76 Å². The standard InChI is InChI=1S/C12H19NO/c1-2-12-10(7-8-14-12)11(13)6-5-9-3-4-9/h7-9,11H,2-6,13H2,1H3. The van der Waals surface area contributed by atoms with E-state index in [2.05, 4.69) is 6.92 Å². The van der Waals surface area contributed by atoms with Crippen LogP contribution in [0, 0.1) is 5.92 Å². The third-order valence-electron chi connectivity index (χ3n) is 3.08.